The molecule has 7 heteroatoms. The molecule has 0 atom stereocenters. The van der Waals surface area contributed by atoms with E-state index in [-0.39, 0.29) is 30.8 Å². The maximum atomic E-state index is 13.2. The smallest absolute Gasteiger partial charge is 0.397 e. The number of aryl methyl sites for hydroxylation is 3. The van der Waals surface area contributed by atoms with E-state index in [1.807, 2.05) is 12.1 Å². The number of carbonyl (C=O) groups excluding carboxylic acids is 1. The summed E-state index contributed by atoms with van der Waals surface area (Å²) in [7, 11) is 0. The molecule has 0 bridgehead atoms. The predicted octanol–water partition coefficient (Wildman–Crippen LogP) is 6.42. The van der Waals surface area contributed by atoms with Crippen LogP contribution in [0.1, 0.15) is 67.3 Å². The summed E-state index contributed by atoms with van der Waals surface area (Å²) in [6.45, 7) is 9.72. The Morgan fingerprint density at radius 1 is 1.08 bits per heavy atom. The van der Waals surface area contributed by atoms with Gasteiger partial charge in [-0.05, 0) is 103 Å². The molecule has 2 aliphatic rings. The van der Waals surface area contributed by atoms with Crippen LogP contribution in [0.4, 0.5) is 18.9 Å². The summed E-state index contributed by atoms with van der Waals surface area (Å²) in [5.74, 6) is 0.239. The third-order valence-electron chi connectivity index (χ3n) is 7.74. The highest BCUT2D eigenvalue weighted by atomic mass is 19.4. The van der Waals surface area contributed by atoms with Gasteiger partial charge in [-0.1, -0.05) is 19.9 Å². The van der Waals surface area contributed by atoms with Crippen LogP contribution in [0.5, 0.6) is 5.75 Å². The maximum absolute atomic E-state index is 13.2. The number of nitrogens with two attached hydrogens (primary N) is 1. The maximum Gasteiger partial charge on any atom is 0.397 e. The number of rotatable bonds is 8. The van der Waals surface area contributed by atoms with Crippen molar-refractivity contribution in [3.63, 3.8) is 0 Å². The Morgan fingerprint density at radius 2 is 1.75 bits per heavy atom. The highest BCUT2D eigenvalue weighted by Crippen LogP contribution is 2.57. The number of nitrogens with zero attached hydrogens (tertiary/aromatic N) is 1. The summed E-state index contributed by atoms with van der Waals surface area (Å²) in [4.78, 5) is 13.8. The predicted molar refractivity (Wildman–Crippen MR) is 136 cm³/mol. The second-order valence-corrected chi connectivity index (χ2v) is 11.6. The average Bonchev–Trinajstić information content (AvgIpc) is 3.57. The summed E-state index contributed by atoms with van der Waals surface area (Å²) >= 11 is 0. The van der Waals surface area contributed by atoms with Crippen molar-refractivity contribution in [3.05, 3.63) is 58.1 Å². The van der Waals surface area contributed by atoms with Crippen LogP contribution >= 0.6 is 0 Å². The summed E-state index contributed by atoms with van der Waals surface area (Å²) in [6.07, 6.45) is -0.955. The Bertz CT molecular complexity index is 1110. The number of fused-ring (bicyclic) bond motifs is 1. The number of anilines is 1. The molecular weight excluding hydrogens is 465 g/mol. The van der Waals surface area contributed by atoms with Crippen LogP contribution in [0, 0.1) is 24.7 Å². The molecule has 0 radical (unpaired) electrons. The molecular formula is C29H37F3N2O2. The van der Waals surface area contributed by atoms with Crippen LogP contribution in [-0.4, -0.2) is 25.2 Å². The first-order valence-electron chi connectivity index (χ1n) is 12.7. The minimum atomic E-state index is -4.21. The number of benzene rings is 2. The molecule has 1 fully saturated rings. The van der Waals surface area contributed by atoms with Gasteiger partial charge in [0.15, 0.2) is 0 Å². The van der Waals surface area contributed by atoms with Crippen molar-refractivity contribution in [1.82, 2.24) is 0 Å². The van der Waals surface area contributed by atoms with Crippen molar-refractivity contribution in [2.45, 2.75) is 78.9 Å². The van der Waals surface area contributed by atoms with Gasteiger partial charge in [0.1, 0.15) is 17.8 Å². The number of alkyl halides is 3. The van der Waals surface area contributed by atoms with Crippen LogP contribution in [0.15, 0.2) is 30.3 Å². The second kappa shape index (κ2) is 9.64. The number of carbonyl (C=O) groups is 1. The lowest BCUT2D eigenvalue weighted by Gasteiger charge is -2.28. The van der Waals surface area contributed by atoms with Gasteiger partial charge in [-0.3, -0.25) is 4.79 Å². The van der Waals surface area contributed by atoms with E-state index in [9.17, 15) is 18.0 Å². The molecule has 1 aliphatic heterocycles. The fourth-order valence-electron chi connectivity index (χ4n) is 5.37. The molecule has 0 spiro atoms. The van der Waals surface area contributed by atoms with Gasteiger partial charge in [-0.25, -0.2) is 0 Å². The van der Waals surface area contributed by atoms with Crippen LogP contribution in [0.2, 0.25) is 0 Å². The van der Waals surface area contributed by atoms with E-state index in [2.05, 4.69) is 44.7 Å². The molecule has 2 aromatic carbocycles. The molecule has 36 heavy (non-hydrogen) atoms. The fraction of sp³-hybridized carbons (Fsp3) is 0.552. The number of amides is 1. The highest BCUT2D eigenvalue weighted by molar-refractivity contribution is 5.74. The first-order chi connectivity index (χ1) is 16.8. The molecule has 2 N–H and O–H groups in total. The van der Waals surface area contributed by atoms with Crippen LogP contribution in [0.3, 0.4) is 0 Å². The van der Waals surface area contributed by atoms with E-state index >= 15 is 0 Å². The van der Waals surface area contributed by atoms with E-state index in [0.29, 0.717) is 12.2 Å². The Morgan fingerprint density at radius 3 is 2.33 bits per heavy atom. The van der Waals surface area contributed by atoms with E-state index < -0.39 is 11.6 Å². The molecule has 1 amide bonds. The van der Waals surface area contributed by atoms with Crippen molar-refractivity contribution in [1.29, 1.82) is 0 Å². The fourth-order valence-corrected chi connectivity index (χ4v) is 5.37. The topological polar surface area (TPSA) is 55.6 Å². The quantitative estimate of drug-likeness (QED) is 0.453. The van der Waals surface area contributed by atoms with Crippen LogP contribution < -0.4 is 15.4 Å². The minimum absolute atomic E-state index is 0.149. The van der Waals surface area contributed by atoms with Gasteiger partial charge in [-0.15, -0.1) is 0 Å². The van der Waals surface area contributed by atoms with E-state index in [4.69, 9.17) is 10.5 Å². The Balaban J connectivity index is 1.48. The third kappa shape index (κ3) is 5.81. The van der Waals surface area contributed by atoms with E-state index in [1.54, 1.807) is 6.07 Å². The highest BCUT2D eigenvalue weighted by Gasteiger charge is 2.63. The lowest BCUT2D eigenvalue weighted by molar-refractivity contribution is -0.194. The standard InChI is InChI=1S/C29H37F3N2O2/c1-19-12-23(13-20(2)25(19)15-27(3,4)16-26(33)35)34-11-5-6-21-14-24(8-7-22(21)17-34)36-18-28(9-10-28)29(30,31)32/h7-8,12-14H,5-6,9-11,15-18H2,1-4H3,(H2,33,35). The average molecular weight is 503 g/mol. The van der Waals surface area contributed by atoms with Gasteiger partial charge in [-0.2, -0.15) is 13.2 Å². The van der Waals surface area contributed by atoms with Crippen molar-refractivity contribution in [2.75, 3.05) is 18.1 Å². The van der Waals surface area contributed by atoms with Crippen LogP contribution in [0.25, 0.3) is 0 Å². The first kappa shape index (κ1) is 26.4. The van der Waals surface area contributed by atoms with Crippen molar-refractivity contribution in [3.8, 4) is 5.75 Å². The number of hydrogen-bond acceptors (Lipinski definition) is 3. The van der Waals surface area contributed by atoms with Gasteiger partial charge in [0.25, 0.3) is 0 Å². The number of primary amides is 1. The van der Waals surface area contributed by atoms with Crippen molar-refractivity contribution in [2.24, 2.45) is 16.6 Å². The summed E-state index contributed by atoms with van der Waals surface area (Å²) in [6, 6.07) is 10.2. The summed E-state index contributed by atoms with van der Waals surface area (Å²) < 4.78 is 45.3. The summed E-state index contributed by atoms with van der Waals surface area (Å²) in [5.41, 5.74) is 10.7. The third-order valence-corrected chi connectivity index (χ3v) is 7.74. The SMILES string of the molecule is Cc1cc(N2CCCc3cc(OCC4(C(F)(F)F)CC4)ccc3C2)cc(C)c1CC(C)(C)CC(N)=O. The molecule has 0 aromatic heterocycles. The normalized spacial score (nSPS) is 17.4. The largest absolute Gasteiger partial charge is 0.493 e. The Labute approximate surface area is 212 Å². The molecule has 4 nitrogen and oxygen atoms in total. The zero-order chi connectivity index (χ0) is 26.3. The zero-order valence-electron chi connectivity index (χ0n) is 21.7. The van der Waals surface area contributed by atoms with Gasteiger partial charge >= 0.3 is 6.18 Å². The Hall–Kier alpha value is -2.70. The monoisotopic (exact) mass is 502 g/mol. The van der Waals surface area contributed by atoms with E-state index in [0.717, 1.165) is 43.6 Å². The first-order valence-corrected chi connectivity index (χ1v) is 12.7. The van der Waals surface area contributed by atoms with Crippen molar-refractivity contribution < 1.29 is 22.7 Å². The molecule has 1 saturated carbocycles. The molecule has 4 rings (SSSR count). The minimum Gasteiger partial charge on any atom is -0.493 e. The van der Waals surface area contributed by atoms with Gasteiger partial charge in [0.05, 0.1) is 0 Å². The number of ether oxygens (including phenoxy) is 1. The van der Waals surface area contributed by atoms with Gasteiger partial charge in [0.2, 0.25) is 5.91 Å². The van der Waals surface area contributed by atoms with Gasteiger partial charge < -0.3 is 15.4 Å². The number of hydrogen-bond donors (Lipinski definition) is 1. The summed E-state index contributed by atoms with van der Waals surface area (Å²) in [5, 5.41) is 0. The lowest BCUT2D eigenvalue weighted by atomic mass is 9.80. The van der Waals surface area contributed by atoms with Crippen molar-refractivity contribution >= 4 is 11.6 Å². The molecule has 2 aromatic rings. The molecule has 0 saturated heterocycles. The molecule has 196 valence electrons. The van der Waals surface area contributed by atoms with Crippen LogP contribution in [-0.2, 0) is 24.2 Å². The number of halogens is 3. The molecule has 1 aliphatic carbocycles. The lowest BCUT2D eigenvalue weighted by Crippen LogP contribution is -2.30. The van der Waals surface area contributed by atoms with E-state index in [1.165, 1.54) is 22.3 Å². The molecule has 1 heterocycles. The Kier molecular flexibility index (Phi) is 7.06. The van der Waals surface area contributed by atoms with Gasteiger partial charge in [0, 0.05) is 25.2 Å². The molecule has 0 unspecified atom stereocenters. The second-order valence-electron chi connectivity index (χ2n) is 11.6. The zero-order valence-corrected chi connectivity index (χ0v) is 21.7.